The van der Waals surface area contributed by atoms with E-state index in [1.807, 2.05) is 31.2 Å². The van der Waals surface area contributed by atoms with Gasteiger partial charge < -0.3 is 21.1 Å². The minimum atomic E-state index is -2.69. The Balaban J connectivity index is 0.000000558. The van der Waals surface area contributed by atoms with E-state index >= 15 is 0 Å². The third-order valence-electron chi connectivity index (χ3n) is 4.68. The Morgan fingerprint density at radius 2 is 2.03 bits per heavy atom. The molecule has 0 aromatic rings. The first-order valence-corrected chi connectivity index (χ1v) is 10.4. The van der Waals surface area contributed by atoms with Crippen molar-refractivity contribution in [2.45, 2.75) is 39.5 Å². The van der Waals surface area contributed by atoms with Gasteiger partial charge in [0.2, 0.25) is 0 Å². The van der Waals surface area contributed by atoms with Crippen molar-refractivity contribution in [2.75, 3.05) is 26.2 Å². The predicted octanol–water partition coefficient (Wildman–Crippen LogP) is 4.27. The summed E-state index contributed by atoms with van der Waals surface area (Å²) in [6.07, 6.45) is 14.1. The lowest BCUT2D eigenvalue weighted by Gasteiger charge is -2.20. The molecule has 164 valence electrons. The largest absolute Gasteiger partial charge is 0.505 e. The second-order valence-corrected chi connectivity index (χ2v) is 7.04. The predicted molar refractivity (Wildman–Crippen MR) is 120 cm³/mol. The summed E-state index contributed by atoms with van der Waals surface area (Å²) in [4.78, 5) is 4.42. The van der Waals surface area contributed by atoms with E-state index in [0.29, 0.717) is 6.54 Å². The fraction of sp³-hybridized carbons (Fsp3) is 0.435. The van der Waals surface area contributed by atoms with Crippen LogP contribution in [0.3, 0.4) is 0 Å². The van der Waals surface area contributed by atoms with Gasteiger partial charge in [0.15, 0.2) is 0 Å². The molecule has 5 nitrogen and oxygen atoms in total. The number of nitrogens with one attached hydrogen (secondary N) is 3. The lowest BCUT2D eigenvalue weighted by Crippen LogP contribution is -2.29. The SMILES string of the molecule is C1CCNC1.C\C=C/N=C1\C=C(CNC2=CNCC(C(F)F)=C2O)C=C\C1=C/CC. The molecule has 0 spiro atoms. The van der Waals surface area contributed by atoms with Gasteiger partial charge in [0.25, 0.3) is 6.43 Å². The Kier molecular flexibility index (Phi) is 10.1. The van der Waals surface area contributed by atoms with Crippen molar-refractivity contribution in [3.63, 3.8) is 0 Å². The molecule has 2 aliphatic heterocycles. The van der Waals surface area contributed by atoms with Crippen molar-refractivity contribution in [3.05, 3.63) is 71.0 Å². The number of dihydropyridines is 1. The second kappa shape index (κ2) is 12.8. The molecule has 30 heavy (non-hydrogen) atoms. The fourth-order valence-corrected chi connectivity index (χ4v) is 3.08. The summed E-state index contributed by atoms with van der Waals surface area (Å²) in [5.41, 5.74) is 2.79. The van der Waals surface area contributed by atoms with Crippen LogP contribution in [-0.2, 0) is 0 Å². The number of aliphatic imine (C=N–C) groups is 1. The van der Waals surface area contributed by atoms with Crippen LogP contribution in [0.15, 0.2) is 75.9 Å². The van der Waals surface area contributed by atoms with Crippen molar-refractivity contribution in [2.24, 2.45) is 4.99 Å². The molecule has 3 rings (SSSR count). The molecule has 1 saturated heterocycles. The van der Waals surface area contributed by atoms with E-state index in [9.17, 15) is 13.9 Å². The average molecular weight is 419 g/mol. The lowest BCUT2D eigenvalue weighted by molar-refractivity contribution is 0.177. The van der Waals surface area contributed by atoms with Gasteiger partial charge in [0, 0.05) is 25.5 Å². The molecule has 2 heterocycles. The molecule has 0 amide bonds. The summed E-state index contributed by atoms with van der Waals surface area (Å²) in [6.45, 7) is 6.80. The van der Waals surface area contributed by atoms with E-state index in [2.05, 4.69) is 33.9 Å². The maximum absolute atomic E-state index is 12.9. The van der Waals surface area contributed by atoms with Gasteiger partial charge in [0.05, 0.1) is 17.0 Å². The molecule has 0 saturated carbocycles. The van der Waals surface area contributed by atoms with Gasteiger partial charge in [-0.25, -0.2) is 8.78 Å². The topological polar surface area (TPSA) is 68.7 Å². The van der Waals surface area contributed by atoms with Crippen LogP contribution < -0.4 is 16.0 Å². The molecule has 0 aromatic carbocycles. The van der Waals surface area contributed by atoms with Crippen LogP contribution in [0, 0.1) is 0 Å². The molecular weight excluding hydrogens is 386 g/mol. The number of rotatable bonds is 6. The minimum absolute atomic E-state index is 0.0530. The first kappa shape index (κ1) is 23.6. The molecule has 0 radical (unpaired) electrons. The van der Waals surface area contributed by atoms with Crippen molar-refractivity contribution in [1.29, 1.82) is 0 Å². The first-order valence-electron chi connectivity index (χ1n) is 10.4. The zero-order chi connectivity index (χ0) is 21.8. The van der Waals surface area contributed by atoms with Crippen LogP contribution in [0.1, 0.15) is 33.1 Å². The Morgan fingerprint density at radius 1 is 1.27 bits per heavy atom. The van der Waals surface area contributed by atoms with Crippen LogP contribution in [0.5, 0.6) is 0 Å². The van der Waals surface area contributed by atoms with E-state index in [4.69, 9.17) is 0 Å². The van der Waals surface area contributed by atoms with Gasteiger partial charge >= 0.3 is 0 Å². The van der Waals surface area contributed by atoms with E-state index < -0.39 is 6.43 Å². The number of hydrogen-bond donors (Lipinski definition) is 4. The summed E-state index contributed by atoms with van der Waals surface area (Å²) < 4.78 is 25.7. The molecule has 0 aromatic heterocycles. The normalized spacial score (nSPS) is 21.6. The summed E-state index contributed by atoms with van der Waals surface area (Å²) in [7, 11) is 0. The summed E-state index contributed by atoms with van der Waals surface area (Å²) >= 11 is 0. The summed E-state index contributed by atoms with van der Waals surface area (Å²) in [5.74, 6) is -0.386. The van der Waals surface area contributed by atoms with Crippen molar-refractivity contribution < 1.29 is 13.9 Å². The Morgan fingerprint density at radius 3 is 2.63 bits per heavy atom. The monoisotopic (exact) mass is 418 g/mol. The molecule has 3 aliphatic rings. The Hall–Kier alpha value is -2.67. The van der Waals surface area contributed by atoms with Gasteiger partial charge in [0.1, 0.15) is 5.76 Å². The zero-order valence-corrected chi connectivity index (χ0v) is 17.7. The van der Waals surface area contributed by atoms with E-state index in [1.54, 1.807) is 6.20 Å². The highest BCUT2D eigenvalue weighted by Gasteiger charge is 2.22. The van der Waals surface area contributed by atoms with E-state index in [-0.39, 0.29) is 23.6 Å². The number of aliphatic hydroxyl groups is 1. The van der Waals surface area contributed by atoms with Gasteiger partial charge in [-0.3, -0.25) is 4.99 Å². The summed E-state index contributed by atoms with van der Waals surface area (Å²) in [6, 6.07) is 0. The average Bonchev–Trinajstić information content (AvgIpc) is 3.33. The highest BCUT2D eigenvalue weighted by Crippen LogP contribution is 2.20. The van der Waals surface area contributed by atoms with E-state index in [0.717, 1.165) is 23.3 Å². The van der Waals surface area contributed by atoms with Crippen LogP contribution in [-0.4, -0.2) is 43.4 Å². The summed E-state index contributed by atoms with van der Waals surface area (Å²) in [5, 5.41) is 18.9. The highest BCUT2D eigenvalue weighted by atomic mass is 19.3. The van der Waals surface area contributed by atoms with Crippen LogP contribution >= 0.6 is 0 Å². The minimum Gasteiger partial charge on any atom is -0.505 e. The molecular formula is C23H32F2N4O. The van der Waals surface area contributed by atoms with Gasteiger partial charge in [-0.1, -0.05) is 31.2 Å². The number of nitrogens with zero attached hydrogens (tertiary/aromatic N) is 1. The quantitative estimate of drug-likeness (QED) is 0.520. The maximum Gasteiger partial charge on any atom is 0.265 e. The zero-order valence-electron chi connectivity index (χ0n) is 17.7. The van der Waals surface area contributed by atoms with Crippen LogP contribution in [0.4, 0.5) is 8.78 Å². The van der Waals surface area contributed by atoms with Gasteiger partial charge in [-0.05, 0) is 56.5 Å². The Bertz CT molecular complexity index is 777. The second-order valence-electron chi connectivity index (χ2n) is 7.04. The van der Waals surface area contributed by atoms with E-state index in [1.165, 1.54) is 32.1 Å². The number of aliphatic hydroxyl groups excluding tert-OH is 1. The number of halogens is 2. The molecule has 0 bridgehead atoms. The molecule has 1 aliphatic carbocycles. The van der Waals surface area contributed by atoms with Crippen LogP contribution in [0.2, 0.25) is 0 Å². The van der Waals surface area contributed by atoms with Crippen molar-refractivity contribution in [3.8, 4) is 0 Å². The third kappa shape index (κ3) is 7.30. The van der Waals surface area contributed by atoms with Gasteiger partial charge in [-0.15, -0.1) is 0 Å². The number of alkyl halides is 2. The molecule has 7 heteroatoms. The number of hydrogen-bond acceptors (Lipinski definition) is 5. The molecule has 0 atom stereocenters. The van der Waals surface area contributed by atoms with Crippen molar-refractivity contribution >= 4 is 5.71 Å². The van der Waals surface area contributed by atoms with Crippen molar-refractivity contribution in [1.82, 2.24) is 16.0 Å². The highest BCUT2D eigenvalue weighted by molar-refractivity contribution is 6.12. The van der Waals surface area contributed by atoms with Gasteiger partial charge in [-0.2, -0.15) is 0 Å². The smallest absolute Gasteiger partial charge is 0.265 e. The maximum atomic E-state index is 12.9. The third-order valence-corrected chi connectivity index (χ3v) is 4.68. The van der Waals surface area contributed by atoms with Crippen LogP contribution in [0.25, 0.3) is 0 Å². The lowest BCUT2D eigenvalue weighted by atomic mass is 9.99. The fourth-order valence-electron chi connectivity index (χ4n) is 3.08. The standard InChI is InChI=1S/C19H23F2N3O.C4H9N/c1-3-5-14-7-6-13(9-16(14)23-8-4-2)10-24-17-12-22-11-15(18(17)25)19(20)21;1-2-4-5-3-1/h4-9,12,19,22,24-25H,3,10-11H2,1-2H3;5H,1-4H2/b8-4-,14-5+,23-16+;. The molecule has 4 N–H and O–H groups in total. The molecule has 0 unspecified atom stereocenters. The number of allylic oxidation sites excluding steroid dienone is 5. The first-order chi connectivity index (χ1) is 14.6. The molecule has 1 fully saturated rings. The Labute approximate surface area is 177 Å².